The number of carbonyl (C=O) groups is 1. The molecule has 1 aromatic rings. The normalized spacial score (nSPS) is 18.4. The van der Waals surface area contributed by atoms with Crippen LogP contribution in [-0.2, 0) is 5.41 Å². The Morgan fingerprint density at radius 1 is 1.32 bits per heavy atom. The minimum absolute atomic E-state index is 0.229. The second kappa shape index (κ2) is 5.13. The lowest BCUT2D eigenvalue weighted by molar-refractivity contribution is 0.0878. The van der Waals surface area contributed by atoms with Crippen molar-refractivity contribution >= 4 is 6.09 Å². The molecule has 2 N–H and O–H groups in total. The van der Waals surface area contributed by atoms with E-state index in [1.165, 1.54) is 11.0 Å². The van der Waals surface area contributed by atoms with Crippen molar-refractivity contribution in [3.63, 3.8) is 0 Å². The summed E-state index contributed by atoms with van der Waals surface area (Å²) in [5.74, 6) is -1.37. The van der Waals surface area contributed by atoms with E-state index in [2.05, 4.69) is 0 Å². The van der Waals surface area contributed by atoms with Crippen LogP contribution in [0.3, 0.4) is 0 Å². The highest BCUT2D eigenvalue weighted by atomic mass is 19.1. The number of aliphatic hydroxyl groups is 1. The van der Waals surface area contributed by atoms with Gasteiger partial charge < -0.3 is 15.1 Å². The van der Waals surface area contributed by atoms with Crippen LogP contribution in [0.2, 0.25) is 0 Å². The van der Waals surface area contributed by atoms with Gasteiger partial charge in [0.1, 0.15) is 11.6 Å². The zero-order valence-electron chi connectivity index (χ0n) is 10.3. The molecule has 0 bridgehead atoms. The Morgan fingerprint density at radius 2 is 1.95 bits per heavy atom. The molecule has 1 heterocycles. The van der Waals surface area contributed by atoms with Gasteiger partial charge in [-0.1, -0.05) is 6.07 Å². The summed E-state index contributed by atoms with van der Waals surface area (Å²) >= 11 is 0. The Bertz CT molecular complexity index is 485. The average molecular weight is 271 g/mol. The number of halogens is 2. The van der Waals surface area contributed by atoms with Gasteiger partial charge in [-0.15, -0.1) is 0 Å². The highest BCUT2D eigenvalue weighted by Gasteiger charge is 2.38. The maximum absolute atomic E-state index is 13.8. The number of nitrogens with zero attached hydrogens (tertiary/aromatic N) is 1. The van der Waals surface area contributed by atoms with Gasteiger partial charge in [-0.2, -0.15) is 0 Å². The highest BCUT2D eigenvalue weighted by Crippen LogP contribution is 2.36. The van der Waals surface area contributed by atoms with E-state index in [0.717, 1.165) is 12.1 Å². The molecular weight excluding hydrogens is 256 g/mol. The van der Waals surface area contributed by atoms with E-state index in [4.69, 9.17) is 5.11 Å². The number of amides is 1. The van der Waals surface area contributed by atoms with E-state index in [-0.39, 0.29) is 25.3 Å². The summed E-state index contributed by atoms with van der Waals surface area (Å²) < 4.78 is 26.8. The van der Waals surface area contributed by atoms with Crippen LogP contribution in [0.5, 0.6) is 0 Å². The molecule has 0 aliphatic carbocycles. The Labute approximate surface area is 109 Å². The number of benzene rings is 1. The lowest BCUT2D eigenvalue weighted by atomic mass is 9.73. The molecule has 0 saturated carbocycles. The molecule has 2 rings (SSSR count). The smallest absolute Gasteiger partial charge is 0.407 e. The Hall–Kier alpha value is -1.69. The Balaban J connectivity index is 2.27. The number of aliphatic hydroxyl groups excluding tert-OH is 1. The van der Waals surface area contributed by atoms with Crippen LogP contribution in [0.15, 0.2) is 18.2 Å². The zero-order chi connectivity index (χ0) is 14.0. The van der Waals surface area contributed by atoms with Gasteiger partial charge in [-0.3, -0.25) is 0 Å². The first-order valence-electron chi connectivity index (χ1n) is 6.03. The number of piperidine rings is 1. The molecule has 0 aromatic heterocycles. The largest absolute Gasteiger partial charge is 0.465 e. The fourth-order valence-electron chi connectivity index (χ4n) is 2.56. The molecule has 0 spiro atoms. The van der Waals surface area contributed by atoms with Gasteiger partial charge in [0.2, 0.25) is 0 Å². The third-order valence-electron chi connectivity index (χ3n) is 3.80. The summed E-state index contributed by atoms with van der Waals surface area (Å²) in [4.78, 5) is 12.1. The summed E-state index contributed by atoms with van der Waals surface area (Å²) in [5.41, 5.74) is -0.578. The average Bonchev–Trinajstić information content (AvgIpc) is 2.38. The van der Waals surface area contributed by atoms with Crippen LogP contribution in [-0.4, -0.2) is 40.9 Å². The first-order valence-corrected chi connectivity index (χ1v) is 6.03. The molecule has 4 nitrogen and oxygen atoms in total. The first-order chi connectivity index (χ1) is 8.98. The standard InChI is InChI=1S/C13H15F2NO3/c14-9-1-2-10(11(15)7-9)13(8-17)3-5-16(6-4-13)12(18)19/h1-2,7,17H,3-6,8H2,(H,18,19). The second-order valence-corrected chi connectivity index (χ2v) is 4.83. The maximum atomic E-state index is 13.8. The summed E-state index contributed by atoms with van der Waals surface area (Å²) in [6, 6.07) is 3.27. The fraction of sp³-hybridized carbons (Fsp3) is 0.462. The van der Waals surface area contributed by atoms with Crippen molar-refractivity contribution in [1.29, 1.82) is 0 Å². The summed E-state index contributed by atoms with van der Waals surface area (Å²) in [7, 11) is 0. The summed E-state index contributed by atoms with van der Waals surface area (Å²) in [5, 5.41) is 18.5. The molecule has 19 heavy (non-hydrogen) atoms. The highest BCUT2D eigenvalue weighted by molar-refractivity contribution is 5.65. The van der Waals surface area contributed by atoms with Gasteiger partial charge in [-0.25, -0.2) is 13.6 Å². The van der Waals surface area contributed by atoms with Gasteiger partial charge in [0.15, 0.2) is 0 Å². The Kier molecular flexibility index (Phi) is 3.71. The van der Waals surface area contributed by atoms with Crippen LogP contribution < -0.4 is 0 Å². The quantitative estimate of drug-likeness (QED) is 0.864. The molecule has 1 fully saturated rings. The molecule has 6 heteroatoms. The van der Waals surface area contributed by atoms with E-state index in [0.29, 0.717) is 12.8 Å². The molecule has 1 aromatic carbocycles. The van der Waals surface area contributed by atoms with E-state index in [1.807, 2.05) is 0 Å². The Morgan fingerprint density at radius 3 is 2.42 bits per heavy atom. The van der Waals surface area contributed by atoms with Crippen molar-refractivity contribution < 1.29 is 23.8 Å². The maximum Gasteiger partial charge on any atom is 0.407 e. The molecule has 0 unspecified atom stereocenters. The SMILES string of the molecule is O=C(O)N1CCC(CO)(c2ccc(F)cc2F)CC1. The van der Waals surface area contributed by atoms with Crippen LogP contribution in [0.1, 0.15) is 18.4 Å². The predicted octanol–water partition coefficient (Wildman–Crippen LogP) is 1.97. The van der Waals surface area contributed by atoms with Crippen LogP contribution >= 0.6 is 0 Å². The molecule has 104 valence electrons. The predicted molar refractivity (Wildman–Crippen MR) is 64.0 cm³/mol. The lowest BCUT2D eigenvalue weighted by Gasteiger charge is -2.40. The van der Waals surface area contributed by atoms with Crippen molar-refractivity contribution in [3.8, 4) is 0 Å². The monoisotopic (exact) mass is 271 g/mol. The van der Waals surface area contributed by atoms with Gasteiger partial charge in [0.25, 0.3) is 0 Å². The third kappa shape index (κ3) is 2.53. The van der Waals surface area contributed by atoms with Crippen molar-refractivity contribution in [3.05, 3.63) is 35.4 Å². The molecule has 0 atom stereocenters. The number of hydrogen-bond acceptors (Lipinski definition) is 2. The number of carboxylic acid groups (broad SMARTS) is 1. The summed E-state index contributed by atoms with van der Waals surface area (Å²) in [6.45, 7) is 0.169. The van der Waals surface area contributed by atoms with Crippen molar-refractivity contribution in [2.24, 2.45) is 0 Å². The number of hydrogen-bond donors (Lipinski definition) is 2. The van der Waals surface area contributed by atoms with Gasteiger partial charge in [0.05, 0.1) is 6.61 Å². The molecular formula is C13H15F2NO3. The topological polar surface area (TPSA) is 60.8 Å². The van der Waals surface area contributed by atoms with Crippen LogP contribution in [0.25, 0.3) is 0 Å². The molecule has 1 aliphatic rings. The minimum Gasteiger partial charge on any atom is -0.465 e. The number of rotatable bonds is 2. The fourth-order valence-corrected chi connectivity index (χ4v) is 2.56. The van der Waals surface area contributed by atoms with Gasteiger partial charge >= 0.3 is 6.09 Å². The van der Waals surface area contributed by atoms with E-state index < -0.39 is 23.1 Å². The van der Waals surface area contributed by atoms with Gasteiger partial charge in [0, 0.05) is 24.6 Å². The lowest BCUT2D eigenvalue weighted by Crippen LogP contribution is -2.46. The van der Waals surface area contributed by atoms with E-state index in [9.17, 15) is 18.7 Å². The van der Waals surface area contributed by atoms with Crippen LogP contribution in [0, 0.1) is 11.6 Å². The number of likely N-dealkylation sites (tertiary alicyclic amines) is 1. The van der Waals surface area contributed by atoms with E-state index >= 15 is 0 Å². The van der Waals surface area contributed by atoms with Crippen molar-refractivity contribution in [2.45, 2.75) is 18.3 Å². The molecule has 1 amide bonds. The molecule has 0 radical (unpaired) electrons. The third-order valence-corrected chi connectivity index (χ3v) is 3.80. The van der Waals surface area contributed by atoms with Gasteiger partial charge in [-0.05, 0) is 24.5 Å². The minimum atomic E-state index is -1.02. The molecule has 1 saturated heterocycles. The second-order valence-electron chi connectivity index (χ2n) is 4.83. The van der Waals surface area contributed by atoms with Crippen molar-refractivity contribution in [2.75, 3.05) is 19.7 Å². The van der Waals surface area contributed by atoms with Crippen LogP contribution in [0.4, 0.5) is 13.6 Å². The van der Waals surface area contributed by atoms with Crippen molar-refractivity contribution in [1.82, 2.24) is 4.90 Å². The summed E-state index contributed by atoms with van der Waals surface area (Å²) in [6.07, 6.45) is -0.386. The molecule has 1 aliphatic heterocycles. The van der Waals surface area contributed by atoms with E-state index in [1.54, 1.807) is 0 Å². The zero-order valence-corrected chi connectivity index (χ0v) is 10.3. The first kappa shape index (κ1) is 13.7.